The molecule has 6 heteroatoms. The molecule has 5 nitrogen and oxygen atoms in total. The molecule has 1 heterocycles. The third kappa shape index (κ3) is 3.37. The van der Waals surface area contributed by atoms with Crippen molar-refractivity contribution in [1.29, 1.82) is 0 Å². The Morgan fingerprint density at radius 1 is 1.29 bits per heavy atom. The minimum atomic E-state index is -0.480. The van der Waals surface area contributed by atoms with Crippen LogP contribution in [0.5, 0.6) is 5.75 Å². The van der Waals surface area contributed by atoms with Crippen LogP contribution in [0.3, 0.4) is 0 Å². The molecule has 0 atom stereocenters. The molecular weight excluding hydrogens is 311 g/mol. The Morgan fingerprint density at radius 2 is 2.08 bits per heavy atom. The van der Waals surface area contributed by atoms with E-state index in [0.29, 0.717) is 30.0 Å². The molecule has 0 aliphatic carbocycles. The summed E-state index contributed by atoms with van der Waals surface area (Å²) in [6.07, 6.45) is 0.387. The van der Waals surface area contributed by atoms with Crippen LogP contribution < -0.4 is 15.0 Å². The first-order chi connectivity index (χ1) is 11.5. The van der Waals surface area contributed by atoms with Gasteiger partial charge in [-0.15, -0.1) is 0 Å². The van der Waals surface area contributed by atoms with Crippen molar-refractivity contribution in [3.05, 3.63) is 53.8 Å². The van der Waals surface area contributed by atoms with Crippen molar-refractivity contribution >= 4 is 23.2 Å². The zero-order valence-electron chi connectivity index (χ0n) is 13.2. The van der Waals surface area contributed by atoms with Gasteiger partial charge in [-0.3, -0.25) is 9.59 Å². The van der Waals surface area contributed by atoms with Crippen molar-refractivity contribution < 1.29 is 18.7 Å². The summed E-state index contributed by atoms with van der Waals surface area (Å²) in [4.78, 5) is 25.6. The van der Waals surface area contributed by atoms with Crippen molar-refractivity contribution in [1.82, 2.24) is 0 Å². The number of anilines is 2. The highest BCUT2D eigenvalue weighted by atomic mass is 19.1. The second-order valence-electron chi connectivity index (χ2n) is 5.56. The molecule has 1 aliphatic heterocycles. The lowest BCUT2D eigenvalue weighted by atomic mass is 10.1. The Bertz CT molecular complexity index is 792. The predicted octanol–water partition coefficient (Wildman–Crippen LogP) is 2.75. The first-order valence-corrected chi connectivity index (χ1v) is 7.61. The molecule has 1 aliphatic rings. The summed E-state index contributed by atoms with van der Waals surface area (Å²) in [5.41, 5.74) is 1.49. The Balaban J connectivity index is 1.76. The molecule has 0 radical (unpaired) electrons. The molecule has 2 amide bonds. The van der Waals surface area contributed by atoms with Crippen molar-refractivity contribution in [2.24, 2.45) is 0 Å². The van der Waals surface area contributed by atoms with Crippen molar-refractivity contribution in [3.63, 3.8) is 0 Å². The third-order valence-electron chi connectivity index (χ3n) is 3.84. The van der Waals surface area contributed by atoms with Crippen LogP contribution in [0.25, 0.3) is 0 Å². The van der Waals surface area contributed by atoms with Crippen LogP contribution in [0.1, 0.15) is 12.0 Å². The number of carbonyl (C=O) groups excluding carboxylic acids is 2. The molecule has 0 unspecified atom stereocenters. The van der Waals surface area contributed by atoms with E-state index >= 15 is 0 Å². The fourth-order valence-electron chi connectivity index (χ4n) is 2.55. The maximum Gasteiger partial charge on any atom is 0.230 e. The maximum atomic E-state index is 13.6. The average molecular weight is 328 g/mol. The second-order valence-corrected chi connectivity index (χ2v) is 5.56. The van der Waals surface area contributed by atoms with Gasteiger partial charge in [-0.25, -0.2) is 4.39 Å². The maximum absolute atomic E-state index is 13.6. The number of para-hydroxylation sites is 1. The smallest absolute Gasteiger partial charge is 0.230 e. The molecule has 2 aromatic rings. The van der Waals surface area contributed by atoms with Gasteiger partial charge in [0, 0.05) is 7.05 Å². The molecular formula is C18H17FN2O3. The normalized spacial score (nSPS) is 13.8. The van der Waals surface area contributed by atoms with Crippen molar-refractivity contribution in [2.75, 3.05) is 23.9 Å². The minimum Gasteiger partial charge on any atom is -0.491 e. The topological polar surface area (TPSA) is 58.6 Å². The van der Waals surface area contributed by atoms with Crippen LogP contribution in [0.15, 0.2) is 42.5 Å². The van der Waals surface area contributed by atoms with Gasteiger partial charge in [0.2, 0.25) is 11.8 Å². The van der Waals surface area contributed by atoms with Gasteiger partial charge in [-0.2, -0.15) is 0 Å². The second kappa shape index (κ2) is 6.70. The number of amides is 2. The van der Waals surface area contributed by atoms with E-state index in [4.69, 9.17) is 4.74 Å². The largest absolute Gasteiger partial charge is 0.491 e. The summed E-state index contributed by atoms with van der Waals surface area (Å²) >= 11 is 0. The molecule has 0 bridgehead atoms. The van der Waals surface area contributed by atoms with E-state index in [1.54, 1.807) is 37.4 Å². The van der Waals surface area contributed by atoms with E-state index in [0.717, 1.165) is 0 Å². The van der Waals surface area contributed by atoms with Gasteiger partial charge in [0.15, 0.2) is 0 Å². The first kappa shape index (κ1) is 16.0. The molecule has 24 heavy (non-hydrogen) atoms. The monoisotopic (exact) mass is 328 g/mol. The zero-order chi connectivity index (χ0) is 17.1. The molecule has 124 valence electrons. The summed E-state index contributed by atoms with van der Waals surface area (Å²) < 4.78 is 19.1. The van der Waals surface area contributed by atoms with Gasteiger partial charge < -0.3 is 15.0 Å². The van der Waals surface area contributed by atoms with Crippen LogP contribution in [0.2, 0.25) is 0 Å². The molecule has 0 spiro atoms. The van der Waals surface area contributed by atoms with E-state index in [9.17, 15) is 14.0 Å². The summed E-state index contributed by atoms with van der Waals surface area (Å²) in [5.74, 6) is -0.238. The number of hydrogen-bond acceptors (Lipinski definition) is 3. The van der Waals surface area contributed by atoms with Crippen molar-refractivity contribution in [2.45, 2.75) is 12.8 Å². The standard InChI is InChI=1S/C18H17FN2O3/c1-21-15-10-12(6-7-16(15)24-9-8-18(21)23)11-17(22)20-14-5-3-2-4-13(14)19/h2-7,10H,8-9,11H2,1H3,(H,20,22). The number of benzene rings is 2. The minimum absolute atomic E-state index is 0.0401. The van der Waals surface area contributed by atoms with Crippen LogP contribution in [0.4, 0.5) is 15.8 Å². The average Bonchev–Trinajstić information content (AvgIpc) is 2.70. The highest BCUT2D eigenvalue weighted by Gasteiger charge is 2.20. The Hall–Kier alpha value is -2.89. The number of hydrogen-bond donors (Lipinski definition) is 1. The molecule has 0 fully saturated rings. The van der Waals surface area contributed by atoms with E-state index in [2.05, 4.69) is 5.32 Å². The highest BCUT2D eigenvalue weighted by Crippen LogP contribution is 2.31. The fourth-order valence-corrected chi connectivity index (χ4v) is 2.55. The number of halogens is 1. The number of ether oxygens (including phenoxy) is 1. The van der Waals surface area contributed by atoms with E-state index in [1.165, 1.54) is 17.0 Å². The molecule has 1 N–H and O–H groups in total. The van der Waals surface area contributed by atoms with Gasteiger partial charge in [0.1, 0.15) is 11.6 Å². The van der Waals surface area contributed by atoms with Crippen LogP contribution in [-0.2, 0) is 16.0 Å². The van der Waals surface area contributed by atoms with E-state index in [-0.39, 0.29) is 23.9 Å². The SMILES string of the molecule is CN1C(=O)CCOc2ccc(CC(=O)Nc3ccccc3F)cc21. The Labute approximate surface area is 139 Å². The number of nitrogens with one attached hydrogen (secondary N) is 1. The molecule has 2 aromatic carbocycles. The van der Waals surface area contributed by atoms with Crippen LogP contribution in [-0.4, -0.2) is 25.5 Å². The van der Waals surface area contributed by atoms with Crippen molar-refractivity contribution in [3.8, 4) is 5.75 Å². The van der Waals surface area contributed by atoms with E-state index < -0.39 is 5.82 Å². The lowest BCUT2D eigenvalue weighted by Gasteiger charge is -2.17. The number of rotatable bonds is 3. The number of fused-ring (bicyclic) bond motifs is 1. The van der Waals surface area contributed by atoms with Gasteiger partial charge in [-0.1, -0.05) is 18.2 Å². The van der Waals surface area contributed by atoms with E-state index in [1.807, 2.05) is 0 Å². The van der Waals surface area contributed by atoms with Gasteiger partial charge in [-0.05, 0) is 29.8 Å². The quantitative estimate of drug-likeness (QED) is 0.942. The Kier molecular flexibility index (Phi) is 4.46. The highest BCUT2D eigenvalue weighted by molar-refractivity contribution is 5.96. The lowest BCUT2D eigenvalue weighted by Crippen LogP contribution is -2.25. The lowest BCUT2D eigenvalue weighted by molar-refractivity contribution is -0.118. The van der Waals surface area contributed by atoms with Gasteiger partial charge in [0.25, 0.3) is 0 Å². The number of nitrogens with zero attached hydrogens (tertiary/aromatic N) is 1. The van der Waals surface area contributed by atoms with Gasteiger partial charge >= 0.3 is 0 Å². The summed E-state index contributed by atoms with van der Waals surface area (Å²) in [7, 11) is 1.68. The molecule has 0 saturated carbocycles. The third-order valence-corrected chi connectivity index (χ3v) is 3.84. The summed E-state index contributed by atoms with van der Waals surface area (Å²) in [5, 5.41) is 2.55. The molecule has 3 rings (SSSR count). The fraction of sp³-hybridized carbons (Fsp3) is 0.222. The first-order valence-electron chi connectivity index (χ1n) is 7.61. The zero-order valence-corrected chi connectivity index (χ0v) is 13.2. The van der Waals surface area contributed by atoms with Crippen LogP contribution >= 0.6 is 0 Å². The van der Waals surface area contributed by atoms with Crippen LogP contribution in [0, 0.1) is 5.82 Å². The van der Waals surface area contributed by atoms with Gasteiger partial charge in [0.05, 0.1) is 30.8 Å². The summed E-state index contributed by atoms with van der Waals surface area (Å²) in [6, 6.07) is 11.3. The predicted molar refractivity (Wildman–Crippen MR) is 88.7 cm³/mol. The number of carbonyl (C=O) groups is 2. The summed E-state index contributed by atoms with van der Waals surface area (Å²) in [6.45, 7) is 0.337. The molecule has 0 saturated heterocycles. The Morgan fingerprint density at radius 3 is 2.88 bits per heavy atom. The molecule has 0 aromatic heterocycles.